The van der Waals surface area contributed by atoms with Crippen molar-refractivity contribution in [3.63, 3.8) is 0 Å². The summed E-state index contributed by atoms with van der Waals surface area (Å²) in [5.41, 5.74) is -0.508. The second-order valence-electron chi connectivity index (χ2n) is 2.98. The molecule has 1 heterocycles. The molecular weight excluding hydrogens is 172 g/mol. The van der Waals surface area contributed by atoms with E-state index in [1.807, 2.05) is 13.8 Å². The summed E-state index contributed by atoms with van der Waals surface area (Å²) >= 11 is 0. The van der Waals surface area contributed by atoms with Crippen LogP contribution in [0.25, 0.3) is 0 Å². The molecule has 0 atom stereocenters. The Bertz CT molecular complexity index is 381. The smallest absolute Gasteiger partial charge is 0.276 e. The summed E-state index contributed by atoms with van der Waals surface area (Å²) in [6.07, 6.45) is 1.44. The lowest BCUT2D eigenvalue weighted by molar-refractivity contribution is -0.385. The molecule has 0 fully saturated rings. The zero-order chi connectivity index (χ0) is 10.0. The molecule has 0 saturated heterocycles. The second kappa shape index (κ2) is 3.38. The van der Waals surface area contributed by atoms with Gasteiger partial charge in [0.15, 0.2) is 0 Å². The van der Waals surface area contributed by atoms with Gasteiger partial charge in [-0.1, -0.05) is 0 Å². The number of hydrogen-bond donors (Lipinski definition) is 0. The SMILES string of the molecule is CC(C)n1ccc([N+](=O)[O-])cc1=O. The molecule has 0 aliphatic rings. The minimum Gasteiger partial charge on any atom is -0.313 e. The van der Waals surface area contributed by atoms with Gasteiger partial charge in [-0.15, -0.1) is 0 Å². The van der Waals surface area contributed by atoms with Crippen LogP contribution in [-0.4, -0.2) is 9.49 Å². The number of nitrogens with zero attached hydrogens (tertiary/aromatic N) is 2. The Hall–Kier alpha value is -1.65. The molecule has 1 aromatic heterocycles. The standard InChI is InChI=1S/C8H10N2O3/c1-6(2)9-4-3-7(10(12)13)5-8(9)11/h3-6H,1-2H3. The van der Waals surface area contributed by atoms with Crippen molar-refractivity contribution in [1.29, 1.82) is 0 Å². The predicted octanol–water partition coefficient (Wildman–Crippen LogP) is 1.34. The van der Waals surface area contributed by atoms with Crippen molar-refractivity contribution in [2.45, 2.75) is 19.9 Å². The zero-order valence-electron chi connectivity index (χ0n) is 7.43. The van der Waals surface area contributed by atoms with E-state index >= 15 is 0 Å². The Morgan fingerprint density at radius 1 is 1.54 bits per heavy atom. The molecule has 0 N–H and O–H groups in total. The summed E-state index contributed by atoms with van der Waals surface area (Å²) < 4.78 is 1.44. The first-order valence-electron chi connectivity index (χ1n) is 3.89. The first-order valence-corrected chi connectivity index (χ1v) is 3.89. The molecule has 0 aromatic carbocycles. The zero-order valence-corrected chi connectivity index (χ0v) is 7.43. The van der Waals surface area contributed by atoms with Gasteiger partial charge in [-0.25, -0.2) is 0 Å². The van der Waals surface area contributed by atoms with E-state index in [0.717, 1.165) is 6.07 Å². The van der Waals surface area contributed by atoms with Crippen LogP contribution in [0.3, 0.4) is 0 Å². The molecular formula is C8H10N2O3. The van der Waals surface area contributed by atoms with E-state index in [4.69, 9.17) is 0 Å². The van der Waals surface area contributed by atoms with Gasteiger partial charge in [-0.05, 0) is 13.8 Å². The molecule has 0 saturated carbocycles. The van der Waals surface area contributed by atoms with Crippen LogP contribution in [0.15, 0.2) is 23.1 Å². The molecule has 0 aliphatic carbocycles. The normalized spacial score (nSPS) is 10.4. The average Bonchev–Trinajstić information content (AvgIpc) is 2.03. The lowest BCUT2D eigenvalue weighted by atomic mass is 10.3. The van der Waals surface area contributed by atoms with Crippen LogP contribution in [-0.2, 0) is 0 Å². The summed E-state index contributed by atoms with van der Waals surface area (Å²) in [4.78, 5) is 21.0. The van der Waals surface area contributed by atoms with Gasteiger partial charge >= 0.3 is 0 Å². The second-order valence-corrected chi connectivity index (χ2v) is 2.98. The molecule has 5 heteroatoms. The third kappa shape index (κ3) is 1.93. The van der Waals surface area contributed by atoms with E-state index in [1.54, 1.807) is 0 Å². The van der Waals surface area contributed by atoms with E-state index in [9.17, 15) is 14.9 Å². The summed E-state index contributed by atoms with van der Waals surface area (Å²) in [6, 6.07) is 2.37. The van der Waals surface area contributed by atoms with E-state index in [2.05, 4.69) is 0 Å². The van der Waals surface area contributed by atoms with Crippen LogP contribution in [0.5, 0.6) is 0 Å². The van der Waals surface area contributed by atoms with Crippen molar-refractivity contribution >= 4 is 5.69 Å². The van der Waals surface area contributed by atoms with Crippen LogP contribution < -0.4 is 5.56 Å². The molecule has 70 valence electrons. The molecule has 0 unspecified atom stereocenters. The van der Waals surface area contributed by atoms with Crippen molar-refractivity contribution in [2.75, 3.05) is 0 Å². The summed E-state index contributed by atoms with van der Waals surface area (Å²) in [5.74, 6) is 0. The number of hydrogen-bond acceptors (Lipinski definition) is 3. The van der Waals surface area contributed by atoms with Gasteiger partial charge in [0, 0.05) is 18.3 Å². The van der Waals surface area contributed by atoms with Crippen molar-refractivity contribution in [2.24, 2.45) is 0 Å². The average molecular weight is 182 g/mol. The third-order valence-corrected chi connectivity index (χ3v) is 1.70. The maximum atomic E-state index is 11.2. The van der Waals surface area contributed by atoms with E-state index in [0.29, 0.717) is 0 Å². The highest BCUT2D eigenvalue weighted by atomic mass is 16.6. The first kappa shape index (κ1) is 9.44. The number of rotatable bonds is 2. The highest BCUT2D eigenvalue weighted by Crippen LogP contribution is 2.07. The third-order valence-electron chi connectivity index (χ3n) is 1.70. The Kier molecular flexibility index (Phi) is 2.46. The van der Waals surface area contributed by atoms with Gasteiger partial charge in [0.05, 0.1) is 11.0 Å². The highest BCUT2D eigenvalue weighted by Gasteiger charge is 2.08. The van der Waals surface area contributed by atoms with Gasteiger partial charge < -0.3 is 4.57 Å². The minimum absolute atomic E-state index is 0.0216. The highest BCUT2D eigenvalue weighted by molar-refractivity contribution is 5.25. The Balaban J connectivity index is 3.21. The van der Waals surface area contributed by atoms with Crippen LogP contribution in [0.4, 0.5) is 5.69 Å². The molecule has 0 amide bonds. The summed E-state index contributed by atoms with van der Waals surface area (Å²) in [7, 11) is 0. The maximum Gasteiger partial charge on any atom is 0.276 e. The van der Waals surface area contributed by atoms with Crippen molar-refractivity contribution in [3.8, 4) is 0 Å². The Morgan fingerprint density at radius 2 is 2.15 bits per heavy atom. The van der Waals surface area contributed by atoms with Crippen LogP contribution in [0.1, 0.15) is 19.9 Å². The predicted molar refractivity (Wildman–Crippen MR) is 47.7 cm³/mol. The molecule has 0 bridgehead atoms. The summed E-state index contributed by atoms with van der Waals surface area (Å²) in [5, 5.41) is 10.3. The van der Waals surface area contributed by atoms with E-state index in [-0.39, 0.29) is 17.3 Å². The molecule has 0 aliphatic heterocycles. The quantitative estimate of drug-likeness (QED) is 0.512. The number of pyridine rings is 1. The maximum absolute atomic E-state index is 11.2. The monoisotopic (exact) mass is 182 g/mol. The van der Waals surface area contributed by atoms with Gasteiger partial charge in [-0.2, -0.15) is 0 Å². The molecule has 1 aromatic rings. The minimum atomic E-state index is -0.577. The fraction of sp³-hybridized carbons (Fsp3) is 0.375. The number of aromatic nitrogens is 1. The van der Waals surface area contributed by atoms with Gasteiger partial charge in [-0.3, -0.25) is 14.9 Å². The first-order chi connectivity index (χ1) is 6.02. The van der Waals surface area contributed by atoms with E-state index in [1.165, 1.54) is 16.8 Å². The van der Waals surface area contributed by atoms with Crippen molar-refractivity contribution in [3.05, 3.63) is 38.8 Å². The van der Waals surface area contributed by atoms with Gasteiger partial charge in [0.1, 0.15) is 0 Å². The molecule has 1 rings (SSSR count). The fourth-order valence-corrected chi connectivity index (χ4v) is 1.02. The molecule has 0 spiro atoms. The number of nitro groups is 1. The fourth-order valence-electron chi connectivity index (χ4n) is 1.02. The van der Waals surface area contributed by atoms with Crippen molar-refractivity contribution < 1.29 is 4.92 Å². The lowest BCUT2D eigenvalue weighted by Crippen LogP contribution is -2.20. The van der Waals surface area contributed by atoms with Crippen LogP contribution >= 0.6 is 0 Å². The van der Waals surface area contributed by atoms with Gasteiger partial charge in [0.25, 0.3) is 11.2 Å². The molecule has 5 nitrogen and oxygen atoms in total. The van der Waals surface area contributed by atoms with Crippen LogP contribution in [0.2, 0.25) is 0 Å². The summed E-state index contributed by atoms with van der Waals surface area (Å²) in [6.45, 7) is 3.68. The lowest BCUT2D eigenvalue weighted by Gasteiger charge is -2.07. The largest absolute Gasteiger partial charge is 0.313 e. The van der Waals surface area contributed by atoms with E-state index < -0.39 is 4.92 Å². The topological polar surface area (TPSA) is 65.1 Å². The molecule has 13 heavy (non-hydrogen) atoms. The van der Waals surface area contributed by atoms with Crippen LogP contribution in [0, 0.1) is 10.1 Å². The van der Waals surface area contributed by atoms with Gasteiger partial charge in [0.2, 0.25) is 0 Å². The van der Waals surface area contributed by atoms with Crippen molar-refractivity contribution in [1.82, 2.24) is 4.57 Å². The molecule has 0 radical (unpaired) electrons. The Morgan fingerprint density at radius 3 is 2.54 bits per heavy atom. The Labute approximate surface area is 74.8 Å².